The van der Waals surface area contributed by atoms with Gasteiger partial charge in [0, 0.05) is 13.1 Å². The second-order valence-corrected chi connectivity index (χ2v) is 6.57. The monoisotopic (exact) mass is 361 g/mol. The Labute approximate surface area is 154 Å². The average Bonchev–Trinajstić information content (AvgIpc) is 2.85. The molecule has 7 heteroatoms. The predicted molar refractivity (Wildman–Crippen MR) is 97.9 cm³/mol. The molecule has 4 amide bonds. The molecule has 0 bridgehead atoms. The average molecular weight is 361 g/mol. The molecule has 0 unspecified atom stereocenters. The first-order valence-corrected chi connectivity index (χ1v) is 8.89. The lowest BCUT2D eigenvalue weighted by Crippen LogP contribution is -2.46. The minimum Gasteiger partial charge on any atom is -0.497 e. The summed E-state index contributed by atoms with van der Waals surface area (Å²) in [7, 11) is 1.61. The van der Waals surface area contributed by atoms with Gasteiger partial charge in [-0.15, -0.1) is 0 Å². The van der Waals surface area contributed by atoms with Gasteiger partial charge in [0.05, 0.1) is 7.11 Å². The number of methoxy groups -OCH3 is 1. The van der Waals surface area contributed by atoms with Crippen LogP contribution in [0.15, 0.2) is 24.3 Å². The molecular weight excluding hydrogens is 334 g/mol. The highest BCUT2D eigenvalue weighted by Crippen LogP contribution is 2.24. The number of urea groups is 1. The van der Waals surface area contributed by atoms with E-state index in [9.17, 15) is 14.4 Å². The van der Waals surface area contributed by atoms with Crippen molar-refractivity contribution in [2.75, 3.05) is 26.7 Å². The maximum absolute atomic E-state index is 12.7. The Morgan fingerprint density at radius 1 is 1.19 bits per heavy atom. The van der Waals surface area contributed by atoms with E-state index in [1.807, 2.05) is 38.1 Å². The van der Waals surface area contributed by atoms with Crippen LogP contribution < -0.4 is 10.1 Å². The van der Waals surface area contributed by atoms with Crippen LogP contribution >= 0.6 is 0 Å². The van der Waals surface area contributed by atoms with E-state index in [1.165, 1.54) is 0 Å². The van der Waals surface area contributed by atoms with Crippen molar-refractivity contribution in [1.29, 1.82) is 0 Å². The van der Waals surface area contributed by atoms with Crippen molar-refractivity contribution >= 4 is 17.8 Å². The van der Waals surface area contributed by atoms with Gasteiger partial charge in [-0.05, 0) is 51.3 Å². The Morgan fingerprint density at radius 2 is 1.81 bits per heavy atom. The van der Waals surface area contributed by atoms with Crippen molar-refractivity contribution in [2.24, 2.45) is 0 Å². The summed E-state index contributed by atoms with van der Waals surface area (Å²) in [6, 6.07) is 7.09. The van der Waals surface area contributed by atoms with Crippen molar-refractivity contribution in [2.45, 2.75) is 39.2 Å². The summed E-state index contributed by atoms with van der Waals surface area (Å²) in [6.45, 7) is 6.32. The zero-order valence-electron chi connectivity index (χ0n) is 15.9. The smallest absolute Gasteiger partial charge is 0.325 e. The van der Waals surface area contributed by atoms with E-state index >= 15 is 0 Å². The van der Waals surface area contributed by atoms with Crippen LogP contribution in [0, 0.1) is 0 Å². The molecule has 1 aromatic rings. The number of hydrogen-bond acceptors (Lipinski definition) is 4. The quantitative estimate of drug-likeness (QED) is 0.716. The fourth-order valence-corrected chi connectivity index (χ4v) is 3.06. The largest absolute Gasteiger partial charge is 0.497 e. The van der Waals surface area contributed by atoms with Crippen molar-refractivity contribution in [3.8, 4) is 5.75 Å². The van der Waals surface area contributed by atoms with Gasteiger partial charge in [0.25, 0.3) is 5.91 Å². The summed E-state index contributed by atoms with van der Waals surface area (Å²) in [5, 5.41) is 2.75. The molecule has 142 valence electrons. The van der Waals surface area contributed by atoms with Gasteiger partial charge >= 0.3 is 6.03 Å². The Kier molecular flexibility index (Phi) is 6.23. The molecule has 0 aliphatic carbocycles. The zero-order valence-corrected chi connectivity index (χ0v) is 15.9. The van der Waals surface area contributed by atoms with Crippen LogP contribution in [-0.4, -0.2) is 59.9 Å². The number of carbonyl (C=O) groups excluding carboxylic acids is 3. The molecule has 0 radical (unpaired) electrons. The molecule has 2 rings (SSSR count). The van der Waals surface area contributed by atoms with Crippen LogP contribution in [0.4, 0.5) is 4.79 Å². The minimum absolute atomic E-state index is 0.218. The molecule has 1 N–H and O–H groups in total. The molecule has 1 atom stereocenters. The predicted octanol–water partition coefficient (Wildman–Crippen LogP) is 1.81. The van der Waals surface area contributed by atoms with Gasteiger partial charge in [-0.1, -0.05) is 12.1 Å². The van der Waals surface area contributed by atoms with Crippen molar-refractivity contribution in [3.05, 3.63) is 29.8 Å². The van der Waals surface area contributed by atoms with Crippen LogP contribution in [-0.2, 0) is 16.0 Å². The Balaban J connectivity index is 2.01. The normalized spacial score (nSPS) is 19.5. The van der Waals surface area contributed by atoms with Crippen LogP contribution in [0.1, 0.15) is 32.8 Å². The highest BCUT2D eigenvalue weighted by Gasteiger charge is 2.48. The lowest BCUT2D eigenvalue weighted by Gasteiger charge is -2.23. The standard InChI is InChI=1S/C19H27N3O4/c1-5-21(6-2)16(23)13-22-17(24)19(3,20-18(22)25)12-11-14-7-9-15(26-4)10-8-14/h7-10H,5-6,11-13H2,1-4H3,(H,20,25)/t19-/m0/s1. The molecule has 1 heterocycles. The maximum atomic E-state index is 12.7. The van der Waals surface area contributed by atoms with Crippen molar-refractivity contribution in [3.63, 3.8) is 0 Å². The molecule has 1 aliphatic rings. The molecule has 1 saturated heterocycles. The third-order valence-electron chi connectivity index (χ3n) is 4.83. The van der Waals surface area contributed by atoms with E-state index < -0.39 is 11.6 Å². The summed E-state index contributed by atoms with van der Waals surface area (Å²) in [5.41, 5.74) is 0.0485. The third-order valence-corrected chi connectivity index (χ3v) is 4.83. The molecule has 0 saturated carbocycles. The second kappa shape index (κ2) is 8.21. The number of ether oxygens (including phenoxy) is 1. The van der Waals surface area contributed by atoms with Crippen LogP contribution in [0.2, 0.25) is 0 Å². The van der Waals surface area contributed by atoms with Crippen LogP contribution in [0.3, 0.4) is 0 Å². The Hall–Kier alpha value is -2.57. The topological polar surface area (TPSA) is 79.0 Å². The number of likely N-dealkylation sites (N-methyl/N-ethyl adjacent to an activating group) is 1. The van der Waals surface area contributed by atoms with E-state index in [-0.39, 0.29) is 18.4 Å². The number of rotatable bonds is 8. The van der Waals surface area contributed by atoms with Gasteiger partial charge in [-0.25, -0.2) is 4.79 Å². The third kappa shape index (κ3) is 4.15. The minimum atomic E-state index is -0.999. The fourth-order valence-electron chi connectivity index (χ4n) is 3.06. The summed E-state index contributed by atoms with van der Waals surface area (Å²) in [5.74, 6) is 0.195. The lowest BCUT2D eigenvalue weighted by atomic mass is 9.93. The number of benzene rings is 1. The van der Waals surface area contributed by atoms with Crippen LogP contribution in [0.25, 0.3) is 0 Å². The van der Waals surface area contributed by atoms with E-state index in [0.717, 1.165) is 16.2 Å². The number of carbonyl (C=O) groups is 3. The number of nitrogens with zero attached hydrogens (tertiary/aromatic N) is 2. The molecule has 26 heavy (non-hydrogen) atoms. The highest BCUT2D eigenvalue weighted by molar-refractivity contribution is 6.08. The zero-order chi connectivity index (χ0) is 19.3. The van der Waals surface area contributed by atoms with Crippen LogP contribution in [0.5, 0.6) is 5.75 Å². The van der Waals surface area contributed by atoms with Crippen molar-refractivity contribution < 1.29 is 19.1 Å². The first-order valence-electron chi connectivity index (χ1n) is 8.89. The van der Waals surface area contributed by atoms with Gasteiger partial charge in [-0.3, -0.25) is 14.5 Å². The molecule has 1 aliphatic heterocycles. The number of nitrogens with one attached hydrogen (secondary N) is 1. The summed E-state index contributed by atoms with van der Waals surface area (Å²) < 4.78 is 5.13. The Bertz CT molecular complexity index is 670. The van der Waals surface area contributed by atoms with Gasteiger partial charge in [-0.2, -0.15) is 0 Å². The van der Waals surface area contributed by atoms with Crippen molar-refractivity contribution in [1.82, 2.24) is 15.1 Å². The number of imide groups is 1. The molecule has 1 fully saturated rings. The summed E-state index contributed by atoms with van der Waals surface area (Å²) >= 11 is 0. The first kappa shape index (κ1) is 19.8. The molecule has 1 aromatic carbocycles. The number of amides is 4. The number of aryl methyl sites for hydroxylation is 1. The van der Waals surface area contributed by atoms with Gasteiger partial charge < -0.3 is 15.0 Å². The maximum Gasteiger partial charge on any atom is 0.325 e. The van der Waals surface area contributed by atoms with Gasteiger partial charge in [0.1, 0.15) is 17.8 Å². The highest BCUT2D eigenvalue weighted by atomic mass is 16.5. The van der Waals surface area contributed by atoms with Gasteiger partial charge in [0.2, 0.25) is 5.91 Å². The fraction of sp³-hybridized carbons (Fsp3) is 0.526. The molecule has 7 nitrogen and oxygen atoms in total. The lowest BCUT2D eigenvalue weighted by molar-refractivity contribution is -0.138. The molecule has 0 aromatic heterocycles. The Morgan fingerprint density at radius 3 is 2.35 bits per heavy atom. The van der Waals surface area contributed by atoms with E-state index in [0.29, 0.717) is 25.9 Å². The summed E-state index contributed by atoms with van der Waals surface area (Å²) in [6.07, 6.45) is 1.09. The van der Waals surface area contributed by atoms with E-state index in [2.05, 4.69) is 5.32 Å². The number of hydrogen-bond donors (Lipinski definition) is 1. The second-order valence-electron chi connectivity index (χ2n) is 6.57. The van der Waals surface area contributed by atoms with Gasteiger partial charge in [0.15, 0.2) is 0 Å². The first-order chi connectivity index (χ1) is 12.3. The SMILES string of the molecule is CCN(CC)C(=O)CN1C(=O)N[C@@](C)(CCc2ccc(OC)cc2)C1=O. The molecular formula is C19H27N3O4. The summed E-state index contributed by atoms with van der Waals surface area (Å²) in [4.78, 5) is 39.9. The van der Waals surface area contributed by atoms with E-state index in [1.54, 1.807) is 18.9 Å². The van der Waals surface area contributed by atoms with E-state index in [4.69, 9.17) is 4.74 Å². The molecule has 0 spiro atoms.